The van der Waals surface area contributed by atoms with Crippen LogP contribution in [0.4, 0.5) is 0 Å². The molecule has 0 bridgehead atoms. The third-order valence-corrected chi connectivity index (χ3v) is 2.74. The molecule has 0 saturated carbocycles. The molecule has 17 heavy (non-hydrogen) atoms. The zero-order chi connectivity index (χ0) is 13.1. The van der Waals surface area contributed by atoms with Crippen LogP contribution in [0.25, 0.3) is 6.08 Å². The van der Waals surface area contributed by atoms with Crippen LogP contribution in [0.2, 0.25) is 0 Å². The molecule has 0 aliphatic carbocycles. The second-order valence-electron chi connectivity index (χ2n) is 5.50. The van der Waals surface area contributed by atoms with Gasteiger partial charge in [0.15, 0.2) is 0 Å². The van der Waals surface area contributed by atoms with Gasteiger partial charge in [-0.25, -0.2) is 0 Å². The van der Waals surface area contributed by atoms with Crippen LogP contribution in [0.3, 0.4) is 0 Å². The van der Waals surface area contributed by atoms with E-state index in [1.54, 1.807) is 0 Å². The van der Waals surface area contributed by atoms with Crippen LogP contribution >= 0.6 is 0 Å². The predicted octanol–water partition coefficient (Wildman–Crippen LogP) is 3.47. The minimum absolute atomic E-state index is 0.146. The molecule has 0 amide bonds. The van der Waals surface area contributed by atoms with Crippen molar-refractivity contribution in [3.05, 3.63) is 22.6 Å². The summed E-state index contributed by atoms with van der Waals surface area (Å²) in [7, 11) is 0. The van der Waals surface area contributed by atoms with Crippen molar-refractivity contribution in [2.75, 3.05) is 6.54 Å². The molecule has 1 aromatic rings. The van der Waals surface area contributed by atoms with Crippen molar-refractivity contribution in [2.45, 2.75) is 53.5 Å². The maximum Gasteiger partial charge on any atom is 0.141 e. The second-order valence-corrected chi connectivity index (χ2v) is 5.50. The highest BCUT2D eigenvalue weighted by molar-refractivity contribution is 5.56. The largest absolute Gasteiger partial charge is 0.361 e. The molecule has 0 spiro atoms. The topological polar surface area (TPSA) is 38.1 Å². The molecule has 0 atom stereocenters. The zero-order valence-electron chi connectivity index (χ0n) is 11.8. The van der Waals surface area contributed by atoms with Gasteiger partial charge in [-0.3, -0.25) is 0 Å². The van der Waals surface area contributed by atoms with Gasteiger partial charge < -0.3 is 9.84 Å². The fraction of sp³-hybridized carbons (Fsp3) is 0.643. The van der Waals surface area contributed by atoms with Crippen molar-refractivity contribution < 1.29 is 4.52 Å². The number of aromatic nitrogens is 1. The molecule has 1 heterocycles. The molecule has 0 aliphatic rings. The van der Waals surface area contributed by atoms with Gasteiger partial charge in [0.1, 0.15) is 5.76 Å². The number of hydrogen-bond acceptors (Lipinski definition) is 3. The van der Waals surface area contributed by atoms with E-state index in [4.69, 9.17) is 4.52 Å². The van der Waals surface area contributed by atoms with Gasteiger partial charge in [0, 0.05) is 17.6 Å². The lowest BCUT2D eigenvalue weighted by Crippen LogP contribution is -2.36. The number of hydrogen-bond donors (Lipinski definition) is 1. The quantitative estimate of drug-likeness (QED) is 0.869. The van der Waals surface area contributed by atoms with Gasteiger partial charge in [-0.1, -0.05) is 17.7 Å². The lowest BCUT2D eigenvalue weighted by Gasteiger charge is -2.21. The number of nitrogens with one attached hydrogen (secondary N) is 1. The highest BCUT2D eigenvalue weighted by Gasteiger charge is 2.11. The predicted molar refractivity (Wildman–Crippen MR) is 72.0 cm³/mol. The van der Waals surface area contributed by atoms with E-state index in [1.165, 1.54) is 5.57 Å². The SMILES string of the molecule is CCC(=Cc1c(C)noc1C)CNC(C)(C)C. The Bertz CT molecular complexity index is 377. The molecular weight excluding hydrogens is 212 g/mol. The molecule has 1 rings (SSSR count). The van der Waals surface area contributed by atoms with Crippen molar-refractivity contribution in [2.24, 2.45) is 0 Å². The van der Waals surface area contributed by atoms with Gasteiger partial charge >= 0.3 is 0 Å². The molecule has 1 N–H and O–H groups in total. The van der Waals surface area contributed by atoms with Crippen molar-refractivity contribution in [3.8, 4) is 0 Å². The normalized spacial score (nSPS) is 13.2. The van der Waals surface area contributed by atoms with E-state index in [0.29, 0.717) is 0 Å². The average molecular weight is 236 g/mol. The molecule has 0 aliphatic heterocycles. The van der Waals surface area contributed by atoms with Gasteiger partial charge in [0.05, 0.1) is 5.69 Å². The molecule has 0 radical (unpaired) electrons. The number of rotatable bonds is 4. The standard InChI is InChI=1S/C14H24N2O/c1-7-12(9-15-14(4,5)6)8-13-10(2)16-17-11(13)3/h8,15H,7,9H2,1-6H3. The lowest BCUT2D eigenvalue weighted by molar-refractivity contribution is 0.393. The summed E-state index contributed by atoms with van der Waals surface area (Å²) in [5.41, 5.74) is 3.60. The molecule has 0 aromatic carbocycles. The molecule has 0 saturated heterocycles. The van der Waals surface area contributed by atoms with E-state index in [1.807, 2.05) is 13.8 Å². The highest BCUT2D eigenvalue weighted by atomic mass is 16.5. The van der Waals surface area contributed by atoms with Crippen molar-refractivity contribution >= 4 is 6.08 Å². The molecule has 3 nitrogen and oxygen atoms in total. The van der Waals surface area contributed by atoms with Crippen LogP contribution in [-0.2, 0) is 0 Å². The Balaban J connectivity index is 2.80. The molecule has 96 valence electrons. The molecule has 0 fully saturated rings. The maximum atomic E-state index is 5.17. The van der Waals surface area contributed by atoms with Gasteiger partial charge in [-0.15, -0.1) is 0 Å². The minimum atomic E-state index is 0.146. The summed E-state index contributed by atoms with van der Waals surface area (Å²) in [6.07, 6.45) is 3.23. The Hall–Kier alpha value is -1.09. The summed E-state index contributed by atoms with van der Waals surface area (Å²) >= 11 is 0. The highest BCUT2D eigenvalue weighted by Crippen LogP contribution is 2.17. The van der Waals surface area contributed by atoms with Gasteiger partial charge in [0.25, 0.3) is 0 Å². The summed E-state index contributed by atoms with van der Waals surface area (Å²) in [4.78, 5) is 0. The van der Waals surface area contributed by atoms with Crippen molar-refractivity contribution in [1.82, 2.24) is 10.5 Å². The first-order chi connectivity index (χ1) is 7.83. The third kappa shape index (κ3) is 4.35. The Kier molecular flexibility index (Phi) is 4.52. The van der Waals surface area contributed by atoms with Crippen LogP contribution in [0.5, 0.6) is 0 Å². The summed E-state index contributed by atoms with van der Waals surface area (Å²) < 4.78 is 5.17. The first-order valence-electron chi connectivity index (χ1n) is 6.21. The van der Waals surface area contributed by atoms with Crippen LogP contribution in [0, 0.1) is 13.8 Å². The Morgan fingerprint density at radius 2 is 2.00 bits per heavy atom. The van der Waals surface area contributed by atoms with Crippen LogP contribution in [0.1, 0.15) is 51.1 Å². The van der Waals surface area contributed by atoms with Gasteiger partial charge in [-0.2, -0.15) is 0 Å². The average Bonchev–Trinajstić information content (AvgIpc) is 2.53. The summed E-state index contributed by atoms with van der Waals surface area (Å²) in [6, 6.07) is 0. The van der Waals surface area contributed by atoms with E-state index in [0.717, 1.165) is 30.0 Å². The Morgan fingerprint density at radius 3 is 2.41 bits per heavy atom. The second kappa shape index (κ2) is 5.50. The van der Waals surface area contributed by atoms with Crippen LogP contribution in [-0.4, -0.2) is 17.2 Å². The monoisotopic (exact) mass is 236 g/mol. The fourth-order valence-corrected chi connectivity index (χ4v) is 1.56. The van der Waals surface area contributed by atoms with Gasteiger partial charge in [0.2, 0.25) is 0 Å². The van der Waals surface area contributed by atoms with Crippen molar-refractivity contribution in [1.29, 1.82) is 0 Å². The van der Waals surface area contributed by atoms with E-state index in [9.17, 15) is 0 Å². The summed E-state index contributed by atoms with van der Waals surface area (Å²) in [5.74, 6) is 0.893. The van der Waals surface area contributed by atoms with Crippen LogP contribution in [0.15, 0.2) is 10.1 Å². The Morgan fingerprint density at radius 1 is 1.35 bits per heavy atom. The third-order valence-electron chi connectivity index (χ3n) is 2.74. The maximum absolute atomic E-state index is 5.17. The molecule has 0 unspecified atom stereocenters. The smallest absolute Gasteiger partial charge is 0.141 e. The molecule has 3 heteroatoms. The fourth-order valence-electron chi connectivity index (χ4n) is 1.56. The summed E-state index contributed by atoms with van der Waals surface area (Å²) in [5, 5.41) is 7.48. The summed E-state index contributed by atoms with van der Waals surface area (Å²) in [6.45, 7) is 13.5. The van der Waals surface area contributed by atoms with Gasteiger partial charge in [-0.05, 0) is 47.1 Å². The van der Waals surface area contributed by atoms with Crippen molar-refractivity contribution in [3.63, 3.8) is 0 Å². The Labute approximate surface area is 104 Å². The number of aryl methyl sites for hydroxylation is 2. The lowest BCUT2D eigenvalue weighted by atomic mass is 10.0. The minimum Gasteiger partial charge on any atom is -0.361 e. The molecular formula is C14H24N2O. The first kappa shape index (κ1) is 14.0. The zero-order valence-corrected chi connectivity index (χ0v) is 11.8. The van der Waals surface area contributed by atoms with E-state index < -0.39 is 0 Å². The molecule has 1 aromatic heterocycles. The number of nitrogens with zero attached hydrogens (tertiary/aromatic N) is 1. The van der Waals surface area contributed by atoms with E-state index in [-0.39, 0.29) is 5.54 Å². The van der Waals surface area contributed by atoms with E-state index >= 15 is 0 Å². The van der Waals surface area contributed by atoms with E-state index in [2.05, 4.69) is 44.2 Å². The van der Waals surface area contributed by atoms with Crippen LogP contribution < -0.4 is 5.32 Å². The first-order valence-corrected chi connectivity index (χ1v) is 6.21.